The normalized spacial score (nSPS) is 14.8. The van der Waals surface area contributed by atoms with E-state index in [2.05, 4.69) is 27.0 Å². The lowest BCUT2D eigenvalue weighted by molar-refractivity contribution is 0.179. The molecule has 0 aromatic carbocycles. The SMILES string of the molecule is CCCN(CCCOc1ccc(-c2ccc(=O)[nH]n2)cn1)C1CCCC1. The lowest BCUT2D eigenvalue weighted by atomic mass is 10.2. The summed E-state index contributed by atoms with van der Waals surface area (Å²) in [4.78, 5) is 18.0. The minimum absolute atomic E-state index is 0.212. The van der Waals surface area contributed by atoms with Gasteiger partial charge in [0.2, 0.25) is 5.88 Å². The summed E-state index contributed by atoms with van der Waals surface area (Å²) in [5.74, 6) is 0.626. The standard InChI is InChI=1S/C20H28N4O2/c1-2-12-24(17-6-3-4-7-17)13-5-14-26-20-11-8-16(15-21-20)18-9-10-19(25)23-22-18/h8-11,15,17H,2-7,12-14H2,1H3,(H,23,25). The number of H-pyrrole nitrogens is 1. The highest BCUT2D eigenvalue weighted by Gasteiger charge is 2.21. The van der Waals surface area contributed by atoms with E-state index >= 15 is 0 Å². The van der Waals surface area contributed by atoms with Crippen LogP contribution in [0.4, 0.5) is 0 Å². The predicted octanol–water partition coefficient (Wildman–Crippen LogP) is 3.26. The number of aromatic amines is 1. The number of nitrogens with zero attached hydrogens (tertiary/aromatic N) is 3. The van der Waals surface area contributed by atoms with Gasteiger partial charge in [0, 0.05) is 36.5 Å². The highest BCUT2D eigenvalue weighted by Crippen LogP contribution is 2.24. The van der Waals surface area contributed by atoms with Crippen LogP contribution in [-0.4, -0.2) is 45.8 Å². The average molecular weight is 356 g/mol. The van der Waals surface area contributed by atoms with Gasteiger partial charge in [0.15, 0.2) is 0 Å². The smallest absolute Gasteiger partial charge is 0.264 e. The average Bonchev–Trinajstić information content (AvgIpc) is 3.20. The number of hydrogen-bond donors (Lipinski definition) is 1. The van der Waals surface area contributed by atoms with Crippen LogP contribution in [0.3, 0.4) is 0 Å². The summed E-state index contributed by atoms with van der Waals surface area (Å²) in [5, 5.41) is 6.43. The Bertz CT molecular complexity index is 703. The fourth-order valence-corrected chi connectivity index (χ4v) is 3.60. The summed E-state index contributed by atoms with van der Waals surface area (Å²) >= 11 is 0. The Balaban J connectivity index is 1.45. The van der Waals surface area contributed by atoms with Crippen LogP contribution < -0.4 is 10.3 Å². The molecule has 0 unspecified atom stereocenters. The first kappa shape index (κ1) is 18.6. The summed E-state index contributed by atoms with van der Waals surface area (Å²) in [6.45, 7) is 5.21. The van der Waals surface area contributed by atoms with Crippen LogP contribution in [-0.2, 0) is 0 Å². The van der Waals surface area contributed by atoms with Crippen molar-refractivity contribution in [2.45, 2.75) is 51.5 Å². The quantitative estimate of drug-likeness (QED) is 0.698. The lowest BCUT2D eigenvalue weighted by Crippen LogP contribution is -2.35. The molecule has 0 aliphatic heterocycles. The molecule has 3 rings (SSSR count). The topological polar surface area (TPSA) is 71.1 Å². The summed E-state index contributed by atoms with van der Waals surface area (Å²) < 4.78 is 5.79. The molecule has 1 aliphatic carbocycles. The van der Waals surface area contributed by atoms with Crippen molar-refractivity contribution in [1.82, 2.24) is 20.1 Å². The predicted molar refractivity (Wildman–Crippen MR) is 102 cm³/mol. The molecule has 0 spiro atoms. The molecule has 6 nitrogen and oxygen atoms in total. The fraction of sp³-hybridized carbons (Fsp3) is 0.550. The monoisotopic (exact) mass is 356 g/mol. The van der Waals surface area contributed by atoms with Gasteiger partial charge in [-0.25, -0.2) is 10.1 Å². The van der Waals surface area contributed by atoms with Gasteiger partial charge in [-0.2, -0.15) is 5.10 Å². The van der Waals surface area contributed by atoms with Crippen LogP contribution in [0.5, 0.6) is 5.88 Å². The van der Waals surface area contributed by atoms with Gasteiger partial charge in [-0.15, -0.1) is 0 Å². The van der Waals surface area contributed by atoms with Gasteiger partial charge in [-0.1, -0.05) is 19.8 Å². The van der Waals surface area contributed by atoms with Gasteiger partial charge in [0.1, 0.15) is 0 Å². The molecule has 2 heterocycles. The molecule has 1 aliphatic rings. The number of aromatic nitrogens is 3. The molecule has 0 radical (unpaired) electrons. The Morgan fingerprint density at radius 3 is 2.69 bits per heavy atom. The Labute approximate surface area is 154 Å². The molecule has 2 aromatic heterocycles. The molecule has 2 aromatic rings. The maximum absolute atomic E-state index is 11.1. The molecule has 1 saturated carbocycles. The number of nitrogens with one attached hydrogen (secondary N) is 1. The number of hydrogen-bond acceptors (Lipinski definition) is 5. The van der Waals surface area contributed by atoms with Crippen LogP contribution >= 0.6 is 0 Å². The third kappa shape index (κ3) is 5.14. The second-order valence-corrected chi connectivity index (χ2v) is 6.87. The van der Waals surface area contributed by atoms with Crippen LogP contribution in [0.1, 0.15) is 45.4 Å². The summed E-state index contributed by atoms with van der Waals surface area (Å²) in [6, 6.07) is 7.67. The van der Waals surface area contributed by atoms with E-state index in [0.717, 1.165) is 24.6 Å². The Morgan fingerprint density at radius 2 is 2.04 bits per heavy atom. The van der Waals surface area contributed by atoms with Gasteiger partial charge >= 0.3 is 0 Å². The number of pyridine rings is 1. The molecule has 6 heteroatoms. The maximum atomic E-state index is 11.1. The summed E-state index contributed by atoms with van der Waals surface area (Å²) in [7, 11) is 0. The zero-order valence-electron chi connectivity index (χ0n) is 15.5. The molecule has 0 amide bonds. The van der Waals surface area contributed by atoms with E-state index in [-0.39, 0.29) is 5.56 Å². The lowest BCUT2D eigenvalue weighted by Gasteiger charge is -2.28. The summed E-state index contributed by atoms with van der Waals surface area (Å²) in [5.41, 5.74) is 1.33. The van der Waals surface area contributed by atoms with Crippen LogP contribution in [0.2, 0.25) is 0 Å². The number of rotatable bonds is 9. The van der Waals surface area contributed by atoms with E-state index in [4.69, 9.17) is 4.74 Å². The third-order valence-corrected chi connectivity index (χ3v) is 4.90. The van der Waals surface area contributed by atoms with Gasteiger partial charge in [0.05, 0.1) is 12.3 Å². The minimum Gasteiger partial charge on any atom is -0.478 e. The van der Waals surface area contributed by atoms with Crippen molar-refractivity contribution < 1.29 is 4.74 Å². The Kier molecular flexibility index (Phi) is 6.77. The maximum Gasteiger partial charge on any atom is 0.264 e. The zero-order chi connectivity index (χ0) is 18.2. The van der Waals surface area contributed by atoms with Crippen molar-refractivity contribution in [2.75, 3.05) is 19.7 Å². The van der Waals surface area contributed by atoms with E-state index < -0.39 is 0 Å². The summed E-state index contributed by atoms with van der Waals surface area (Å²) in [6.07, 6.45) is 9.40. The van der Waals surface area contributed by atoms with Gasteiger partial charge in [-0.05, 0) is 44.4 Å². The molecule has 0 bridgehead atoms. The largest absolute Gasteiger partial charge is 0.478 e. The van der Waals surface area contributed by atoms with Crippen molar-refractivity contribution in [3.05, 3.63) is 40.8 Å². The van der Waals surface area contributed by atoms with Gasteiger partial charge in [0.25, 0.3) is 5.56 Å². The number of ether oxygens (including phenoxy) is 1. The highest BCUT2D eigenvalue weighted by molar-refractivity contribution is 5.57. The van der Waals surface area contributed by atoms with E-state index in [1.807, 2.05) is 12.1 Å². The van der Waals surface area contributed by atoms with E-state index in [1.54, 1.807) is 12.3 Å². The highest BCUT2D eigenvalue weighted by atomic mass is 16.5. The fourth-order valence-electron chi connectivity index (χ4n) is 3.60. The first-order valence-corrected chi connectivity index (χ1v) is 9.65. The third-order valence-electron chi connectivity index (χ3n) is 4.90. The van der Waals surface area contributed by atoms with Crippen LogP contribution in [0.15, 0.2) is 35.3 Å². The van der Waals surface area contributed by atoms with Crippen molar-refractivity contribution in [3.63, 3.8) is 0 Å². The first-order valence-electron chi connectivity index (χ1n) is 9.65. The van der Waals surface area contributed by atoms with E-state index in [9.17, 15) is 4.79 Å². The molecule has 140 valence electrons. The van der Waals surface area contributed by atoms with E-state index in [1.165, 1.54) is 44.7 Å². The van der Waals surface area contributed by atoms with Crippen LogP contribution in [0.25, 0.3) is 11.3 Å². The molecule has 0 saturated heterocycles. The molecule has 0 atom stereocenters. The molecular formula is C20H28N4O2. The van der Waals surface area contributed by atoms with Crippen molar-refractivity contribution in [1.29, 1.82) is 0 Å². The second kappa shape index (κ2) is 9.48. The Morgan fingerprint density at radius 1 is 1.19 bits per heavy atom. The minimum atomic E-state index is -0.212. The van der Waals surface area contributed by atoms with Crippen molar-refractivity contribution >= 4 is 0 Å². The van der Waals surface area contributed by atoms with Gasteiger partial charge in [-0.3, -0.25) is 4.79 Å². The zero-order valence-corrected chi connectivity index (χ0v) is 15.5. The van der Waals surface area contributed by atoms with Gasteiger partial charge < -0.3 is 9.64 Å². The van der Waals surface area contributed by atoms with Crippen LogP contribution in [0, 0.1) is 0 Å². The second-order valence-electron chi connectivity index (χ2n) is 6.87. The first-order chi connectivity index (χ1) is 12.8. The van der Waals surface area contributed by atoms with Crippen molar-refractivity contribution in [3.8, 4) is 17.1 Å². The Hall–Kier alpha value is -2.21. The molecule has 1 N–H and O–H groups in total. The van der Waals surface area contributed by atoms with E-state index in [0.29, 0.717) is 18.2 Å². The molecular weight excluding hydrogens is 328 g/mol. The molecule has 1 fully saturated rings. The molecule has 26 heavy (non-hydrogen) atoms. The van der Waals surface area contributed by atoms with Crippen molar-refractivity contribution in [2.24, 2.45) is 0 Å².